The number of ether oxygens (including phenoxy) is 2. The average Bonchev–Trinajstić information content (AvgIpc) is 2.52. The van der Waals surface area contributed by atoms with Crippen LogP contribution in [0.25, 0.3) is 5.70 Å². The molecule has 0 heterocycles. The van der Waals surface area contributed by atoms with Crippen molar-refractivity contribution in [2.45, 2.75) is 45.6 Å². The zero-order valence-electron chi connectivity index (χ0n) is 15.9. The van der Waals surface area contributed by atoms with E-state index in [1.807, 2.05) is 0 Å². The highest BCUT2D eigenvalue weighted by Crippen LogP contribution is 2.27. The van der Waals surface area contributed by atoms with Gasteiger partial charge in [-0.15, -0.1) is 0 Å². The molecule has 1 aromatic rings. The molecule has 0 saturated heterocycles. The van der Waals surface area contributed by atoms with Gasteiger partial charge in [-0.3, -0.25) is 4.79 Å². The quantitative estimate of drug-likeness (QED) is 0.706. The van der Waals surface area contributed by atoms with Gasteiger partial charge in [0, 0.05) is 11.3 Å². The second kappa shape index (κ2) is 8.94. The van der Waals surface area contributed by atoms with Gasteiger partial charge in [0.1, 0.15) is 23.3 Å². The first-order valence-corrected chi connectivity index (χ1v) is 8.19. The Morgan fingerprint density at radius 1 is 1.21 bits per heavy atom. The van der Waals surface area contributed by atoms with Gasteiger partial charge in [-0.1, -0.05) is 6.58 Å². The van der Waals surface area contributed by atoms with Crippen molar-refractivity contribution < 1.29 is 36.6 Å². The molecule has 1 aromatic carbocycles. The normalized spacial score (nSPS) is 12.7. The molecule has 2 N–H and O–H groups in total. The fraction of sp³-hybridized carbons (Fsp3) is 0.444. The van der Waals surface area contributed by atoms with Crippen LogP contribution in [0.5, 0.6) is 5.75 Å². The Kier molecular flexibility index (Phi) is 7.43. The fourth-order valence-electron chi connectivity index (χ4n) is 1.92. The third-order valence-electron chi connectivity index (χ3n) is 3.05. The van der Waals surface area contributed by atoms with Crippen molar-refractivity contribution >= 4 is 17.7 Å². The van der Waals surface area contributed by atoms with Gasteiger partial charge < -0.3 is 20.1 Å². The van der Waals surface area contributed by atoms with Crippen molar-refractivity contribution in [2.75, 3.05) is 6.54 Å². The number of nitrogens with one attached hydrogen (secondary N) is 2. The van der Waals surface area contributed by atoms with E-state index in [1.54, 1.807) is 33.0 Å². The molecule has 0 radical (unpaired) electrons. The standard InChI is InChI=1S/C18H22F4N2O4/c1-10(9-23-16(26)28-17(3,4)5)27-14-7-6-12(19)8-13(14)11(2)24-15(25)18(20,21)22/h6-8,10H,2,9H2,1,3-5H3,(H,23,26)(H,24,25)/t10-/m0/s1. The maximum Gasteiger partial charge on any atom is 0.471 e. The van der Waals surface area contributed by atoms with Gasteiger partial charge in [-0.2, -0.15) is 13.2 Å². The van der Waals surface area contributed by atoms with Crippen LogP contribution in [0.2, 0.25) is 0 Å². The maximum absolute atomic E-state index is 13.5. The first kappa shape index (κ1) is 23.3. The average molecular weight is 406 g/mol. The fourth-order valence-corrected chi connectivity index (χ4v) is 1.92. The number of carbonyl (C=O) groups excluding carboxylic acids is 2. The molecule has 0 saturated carbocycles. The molecule has 2 amide bonds. The third-order valence-corrected chi connectivity index (χ3v) is 3.05. The summed E-state index contributed by atoms with van der Waals surface area (Å²) in [5.41, 5.74) is -1.34. The van der Waals surface area contributed by atoms with Crippen LogP contribution in [0.4, 0.5) is 22.4 Å². The highest BCUT2D eigenvalue weighted by Gasteiger charge is 2.39. The molecular formula is C18H22F4N2O4. The van der Waals surface area contributed by atoms with Crippen LogP contribution in [0, 0.1) is 5.82 Å². The molecule has 1 atom stereocenters. The van der Waals surface area contributed by atoms with Crippen LogP contribution < -0.4 is 15.4 Å². The zero-order valence-corrected chi connectivity index (χ0v) is 15.9. The number of rotatable bonds is 6. The van der Waals surface area contributed by atoms with Crippen LogP contribution in [0.1, 0.15) is 33.3 Å². The van der Waals surface area contributed by atoms with Crippen molar-refractivity contribution in [3.8, 4) is 5.75 Å². The lowest BCUT2D eigenvalue weighted by molar-refractivity contribution is -0.172. The van der Waals surface area contributed by atoms with E-state index in [-0.39, 0.29) is 17.9 Å². The molecule has 0 fully saturated rings. The highest BCUT2D eigenvalue weighted by molar-refractivity contribution is 5.90. The Bertz CT molecular complexity index is 742. The molecule has 0 aliphatic rings. The number of alkyl halides is 3. The number of hydrogen-bond acceptors (Lipinski definition) is 4. The Morgan fingerprint density at radius 3 is 2.36 bits per heavy atom. The SMILES string of the molecule is C=C(NC(=O)C(F)(F)F)c1cc(F)ccc1O[C@@H](C)CNC(=O)OC(C)(C)C. The predicted octanol–water partition coefficient (Wildman–Crippen LogP) is 3.77. The predicted molar refractivity (Wildman–Crippen MR) is 94.0 cm³/mol. The number of halogens is 4. The number of carbonyl (C=O) groups is 2. The van der Waals surface area contributed by atoms with Gasteiger partial charge in [-0.25, -0.2) is 9.18 Å². The van der Waals surface area contributed by atoms with Crippen molar-refractivity contribution in [2.24, 2.45) is 0 Å². The summed E-state index contributed by atoms with van der Waals surface area (Å²) in [5, 5.41) is 4.03. The minimum atomic E-state index is -5.12. The monoisotopic (exact) mass is 406 g/mol. The number of alkyl carbamates (subject to hydrolysis) is 1. The Morgan fingerprint density at radius 2 is 1.82 bits per heavy atom. The van der Waals surface area contributed by atoms with E-state index in [1.165, 1.54) is 6.07 Å². The van der Waals surface area contributed by atoms with Crippen LogP contribution in [-0.4, -0.2) is 36.4 Å². The summed E-state index contributed by atoms with van der Waals surface area (Å²) in [6, 6.07) is 3.09. The molecule has 156 valence electrons. The molecule has 0 bridgehead atoms. The lowest BCUT2D eigenvalue weighted by atomic mass is 10.1. The van der Waals surface area contributed by atoms with E-state index >= 15 is 0 Å². The minimum Gasteiger partial charge on any atom is -0.488 e. The Labute approximate surface area is 159 Å². The van der Waals surface area contributed by atoms with Gasteiger partial charge >= 0.3 is 18.2 Å². The van der Waals surface area contributed by atoms with Crippen LogP contribution >= 0.6 is 0 Å². The maximum atomic E-state index is 13.5. The van der Waals surface area contributed by atoms with Gasteiger partial charge in [-0.05, 0) is 45.9 Å². The summed E-state index contributed by atoms with van der Waals surface area (Å²) in [6.45, 7) is 9.99. The topological polar surface area (TPSA) is 76.7 Å². The van der Waals surface area contributed by atoms with E-state index in [9.17, 15) is 27.2 Å². The molecule has 28 heavy (non-hydrogen) atoms. The first-order chi connectivity index (χ1) is 12.7. The molecule has 10 heteroatoms. The van der Waals surface area contributed by atoms with Crippen LogP contribution in [0.15, 0.2) is 24.8 Å². The first-order valence-electron chi connectivity index (χ1n) is 8.19. The smallest absolute Gasteiger partial charge is 0.471 e. The summed E-state index contributed by atoms with van der Waals surface area (Å²) in [4.78, 5) is 22.7. The van der Waals surface area contributed by atoms with Crippen molar-refractivity contribution in [3.05, 3.63) is 36.2 Å². The van der Waals surface area contributed by atoms with Gasteiger partial charge in [0.2, 0.25) is 0 Å². The minimum absolute atomic E-state index is 0.00706. The van der Waals surface area contributed by atoms with E-state index in [4.69, 9.17) is 9.47 Å². The highest BCUT2D eigenvalue weighted by atomic mass is 19.4. The van der Waals surface area contributed by atoms with Crippen molar-refractivity contribution in [1.82, 2.24) is 10.6 Å². The molecule has 0 aliphatic heterocycles. The second-order valence-electron chi connectivity index (χ2n) is 6.88. The van der Waals surface area contributed by atoms with Gasteiger partial charge in [0.25, 0.3) is 0 Å². The summed E-state index contributed by atoms with van der Waals surface area (Å²) in [7, 11) is 0. The Hall–Kier alpha value is -2.78. The van der Waals surface area contributed by atoms with E-state index in [0.29, 0.717) is 0 Å². The zero-order chi connectivity index (χ0) is 21.7. The second-order valence-corrected chi connectivity index (χ2v) is 6.88. The summed E-state index contributed by atoms with van der Waals surface area (Å²) < 4.78 is 61.3. The summed E-state index contributed by atoms with van der Waals surface area (Å²) >= 11 is 0. The number of amides is 2. The van der Waals surface area contributed by atoms with Gasteiger partial charge in [0.15, 0.2) is 0 Å². The lowest BCUT2D eigenvalue weighted by Crippen LogP contribution is -2.38. The molecule has 1 rings (SSSR count). The molecule has 6 nitrogen and oxygen atoms in total. The molecular weight excluding hydrogens is 384 g/mol. The van der Waals surface area contributed by atoms with Crippen LogP contribution in [-0.2, 0) is 9.53 Å². The third kappa shape index (κ3) is 7.85. The Balaban J connectivity index is 2.82. The van der Waals surface area contributed by atoms with E-state index < -0.39 is 41.4 Å². The number of hydrogen-bond donors (Lipinski definition) is 2. The van der Waals surface area contributed by atoms with Crippen LogP contribution in [0.3, 0.4) is 0 Å². The molecule has 0 unspecified atom stereocenters. The van der Waals surface area contributed by atoms with E-state index in [2.05, 4.69) is 11.9 Å². The largest absolute Gasteiger partial charge is 0.488 e. The summed E-state index contributed by atoms with van der Waals surface area (Å²) in [5.74, 6) is -3.02. The summed E-state index contributed by atoms with van der Waals surface area (Å²) in [6.07, 6.45) is -6.45. The molecule has 0 aliphatic carbocycles. The lowest BCUT2D eigenvalue weighted by Gasteiger charge is -2.22. The number of benzene rings is 1. The van der Waals surface area contributed by atoms with E-state index in [0.717, 1.165) is 12.1 Å². The van der Waals surface area contributed by atoms with Crippen molar-refractivity contribution in [1.29, 1.82) is 0 Å². The van der Waals surface area contributed by atoms with Crippen molar-refractivity contribution in [3.63, 3.8) is 0 Å². The van der Waals surface area contributed by atoms with Gasteiger partial charge in [0.05, 0.1) is 6.54 Å². The molecule has 0 aromatic heterocycles. The molecule has 0 spiro atoms.